The summed E-state index contributed by atoms with van der Waals surface area (Å²) in [4.78, 5) is 66.1. The van der Waals surface area contributed by atoms with Crippen LogP contribution < -0.4 is 0 Å². The van der Waals surface area contributed by atoms with Crippen LogP contribution in [0.1, 0.15) is 200 Å². The van der Waals surface area contributed by atoms with Gasteiger partial charge in [-0.15, -0.1) is 0 Å². The van der Waals surface area contributed by atoms with E-state index in [-0.39, 0.29) is 18.6 Å². The van der Waals surface area contributed by atoms with Gasteiger partial charge < -0.3 is 44.6 Å². The maximum Gasteiger partial charge on any atom is 0.472 e. The molecular weight excluding hydrogens is 898 g/mol. The fourth-order valence-electron chi connectivity index (χ4n) is 7.60. The molecule has 1 rings (SSSR count). The number of phosphoric ester groups is 2. The number of unbranched alkanes of at least 4 members (excludes halogenated alkanes) is 23. The summed E-state index contributed by atoms with van der Waals surface area (Å²) >= 11 is 0. The first kappa shape index (κ1) is 62.2. The lowest BCUT2D eigenvalue weighted by atomic mass is 9.85. The number of carbonyl (C=O) groups is 3. The first-order valence-electron chi connectivity index (χ1n) is 24.8. The number of aliphatic hydroxyl groups excluding tert-OH is 4. The van der Waals surface area contributed by atoms with Crippen LogP contribution in [0.3, 0.4) is 0 Å². The molecule has 0 heterocycles. The van der Waals surface area contributed by atoms with Crippen molar-refractivity contribution in [2.24, 2.45) is 0 Å². The SMILES string of the molecule is CCCCCCCCCCCCCCCCCCCC(=O)O[C@H](COC(=O)CCCCCCC/C=C\C=C\C(=O)CCCCC)COP(=O)(O)O[C@H]1C(O)C(O)C(O)[C@@H](OP(=O)(O)O)C1O. The van der Waals surface area contributed by atoms with Crippen LogP contribution in [0.5, 0.6) is 0 Å². The Hall–Kier alpha value is -1.85. The van der Waals surface area contributed by atoms with E-state index >= 15 is 0 Å². The summed E-state index contributed by atoms with van der Waals surface area (Å²) in [6, 6.07) is 0. The molecule has 0 radical (unpaired) electrons. The standard InChI is InChI=1S/C47H86O17P2/c1-3-5-7-8-9-10-11-12-13-14-15-16-17-20-24-27-31-35-41(50)62-39(36-60-40(49)34-30-26-23-21-18-19-22-25-29-33-38(48)32-28-6-4-2)37-61-66(58,59)64-47-44(53)42(51)43(52)46(45(47)54)63-65(55,56)57/h22,25,29,33,39,42-47,51-54H,3-21,23-24,26-28,30-32,34-37H2,1-2H3,(H,58,59)(H2,55,56,57)/b25-22-,33-29+/t39-,42?,43?,44?,45?,46-,47+/m1/s1. The number of ketones is 1. The molecule has 0 amide bonds. The summed E-state index contributed by atoms with van der Waals surface area (Å²) in [5.74, 6) is -1.13. The Morgan fingerprint density at radius 1 is 0.515 bits per heavy atom. The van der Waals surface area contributed by atoms with Gasteiger partial charge in [0.15, 0.2) is 11.9 Å². The van der Waals surface area contributed by atoms with E-state index in [0.717, 1.165) is 77.0 Å². The number of phosphoric acid groups is 2. The number of rotatable bonds is 42. The molecule has 19 heteroatoms. The van der Waals surface area contributed by atoms with Crippen molar-refractivity contribution in [3.05, 3.63) is 24.3 Å². The van der Waals surface area contributed by atoms with E-state index in [1.807, 2.05) is 12.2 Å². The highest BCUT2D eigenvalue weighted by Crippen LogP contribution is 2.49. The predicted molar refractivity (Wildman–Crippen MR) is 251 cm³/mol. The smallest absolute Gasteiger partial charge is 0.462 e. The number of carbonyl (C=O) groups excluding carboxylic acids is 3. The minimum Gasteiger partial charge on any atom is -0.462 e. The van der Waals surface area contributed by atoms with Crippen molar-refractivity contribution in [2.45, 2.75) is 243 Å². The average molecular weight is 985 g/mol. The Labute approximate surface area is 394 Å². The number of ether oxygens (including phenoxy) is 2. The largest absolute Gasteiger partial charge is 0.472 e. The molecule has 8 atom stereocenters. The van der Waals surface area contributed by atoms with Gasteiger partial charge in [-0.1, -0.05) is 167 Å². The van der Waals surface area contributed by atoms with Gasteiger partial charge in [0.2, 0.25) is 0 Å². The summed E-state index contributed by atoms with van der Waals surface area (Å²) in [6.45, 7) is 2.95. The molecule has 17 nitrogen and oxygen atoms in total. The van der Waals surface area contributed by atoms with E-state index in [9.17, 15) is 58.6 Å². The normalized spacial score (nSPS) is 21.6. The molecule has 386 valence electrons. The number of aliphatic hydroxyl groups is 4. The third-order valence-electron chi connectivity index (χ3n) is 11.5. The zero-order valence-electron chi connectivity index (χ0n) is 39.9. The highest BCUT2D eigenvalue weighted by atomic mass is 31.2. The molecule has 1 aliphatic carbocycles. The highest BCUT2D eigenvalue weighted by molar-refractivity contribution is 7.47. The minimum absolute atomic E-state index is 0.0310. The van der Waals surface area contributed by atoms with Gasteiger partial charge in [-0.2, -0.15) is 0 Å². The molecule has 1 fully saturated rings. The molecule has 1 saturated carbocycles. The van der Waals surface area contributed by atoms with Gasteiger partial charge >= 0.3 is 27.6 Å². The molecular formula is C47H86O17P2. The topological polar surface area (TPSA) is 273 Å². The zero-order chi connectivity index (χ0) is 49.1. The Balaban J connectivity index is 2.58. The Morgan fingerprint density at radius 2 is 0.955 bits per heavy atom. The molecule has 0 aromatic carbocycles. The van der Waals surface area contributed by atoms with Gasteiger partial charge in [0.1, 0.15) is 43.2 Å². The average Bonchev–Trinajstić information content (AvgIpc) is 3.26. The molecule has 0 aromatic rings. The van der Waals surface area contributed by atoms with Crippen LogP contribution in [0.4, 0.5) is 0 Å². The summed E-state index contributed by atoms with van der Waals surface area (Å²) in [5, 5.41) is 41.3. The Kier molecular flexibility index (Phi) is 35.8. The van der Waals surface area contributed by atoms with Gasteiger partial charge in [0.05, 0.1) is 6.61 Å². The third kappa shape index (κ3) is 32.1. The predicted octanol–water partition coefficient (Wildman–Crippen LogP) is 8.91. The van der Waals surface area contributed by atoms with E-state index in [1.54, 1.807) is 12.2 Å². The van der Waals surface area contributed by atoms with E-state index in [2.05, 4.69) is 18.4 Å². The molecule has 0 aliphatic heterocycles. The number of allylic oxidation sites excluding steroid dienone is 4. The molecule has 1 aliphatic rings. The number of hydrogen-bond donors (Lipinski definition) is 7. The molecule has 0 bridgehead atoms. The fourth-order valence-corrected chi connectivity index (χ4v) is 9.14. The van der Waals surface area contributed by atoms with Crippen LogP contribution in [-0.2, 0) is 46.6 Å². The molecule has 0 saturated heterocycles. The van der Waals surface area contributed by atoms with E-state index in [1.165, 1.54) is 77.0 Å². The van der Waals surface area contributed by atoms with Crippen LogP contribution in [0.2, 0.25) is 0 Å². The first-order valence-corrected chi connectivity index (χ1v) is 27.9. The molecule has 0 aromatic heterocycles. The minimum atomic E-state index is -5.37. The maximum atomic E-state index is 13.0. The molecule has 0 spiro atoms. The molecule has 66 heavy (non-hydrogen) atoms. The molecule has 7 N–H and O–H groups in total. The van der Waals surface area contributed by atoms with Gasteiger partial charge in [-0.3, -0.25) is 28.0 Å². The second kappa shape index (κ2) is 38.0. The Morgan fingerprint density at radius 3 is 1.47 bits per heavy atom. The summed E-state index contributed by atoms with van der Waals surface area (Å²) in [6.07, 6.45) is 21.1. The zero-order valence-corrected chi connectivity index (χ0v) is 41.7. The summed E-state index contributed by atoms with van der Waals surface area (Å²) < 4.78 is 49.4. The number of esters is 2. The van der Waals surface area contributed by atoms with Crippen LogP contribution >= 0.6 is 15.6 Å². The lowest BCUT2D eigenvalue weighted by Crippen LogP contribution is -2.64. The number of hydrogen-bond acceptors (Lipinski definition) is 14. The van der Waals surface area contributed by atoms with E-state index in [0.29, 0.717) is 19.3 Å². The monoisotopic (exact) mass is 985 g/mol. The second-order valence-corrected chi connectivity index (χ2v) is 20.2. The van der Waals surface area contributed by atoms with E-state index in [4.69, 9.17) is 18.5 Å². The van der Waals surface area contributed by atoms with Gasteiger partial charge in [-0.05, 0) is 38.2 Å². The Bertz CT molecular complexity index is 1440. The van der Waals surface area contributed by atoms with Crippen molar-refractivity contribution in [2.75, 3.05) is 13.2 Å². The quantitative estimate of drug-likeness (QED) is 0.00988. The van der Waals surface area contributed by atoms with Crippen LogP contribution in [0.15, 0.2) is 24.3 Å². The van der Waals surface area contributed by atoms with Gasteiger partial charge in [-0.25, -0.2) is 9.13 Å². The van der Waals surface area contributed by atoms with Crippen LogP contribution in [0, 0.1) is 0 Å². The van der Waals surface area contributed by atoms with Crippen molar-refractivity contribution < 1.29 is 81.7 Å². The van der Waals surface area contributed by atoms with Gasteiger partial charge in [0, 0.05) is 19.3 Å². The van der Waals surface area contributed by atoms with Crippen LogP contribution in [-0.4, -0.2) is 109 Å². The maximum absolute atomic E-state index is 13.0. The lowest BCUT2D eigenvalue weighted by molar-refractivity contribution is -0.216. The molecule has 5 unspecified atom stereocenters. The van der Waals surface area contributed by atoms with Crippen molar-refractivity contribution in [1.82, 2.24) is 0 Å². The lowest BCUT2D eigenvalue weighted by Gasteiger charge is -2.43. The van der Waals surface area contributed by atoms with Crippen molar-refractivity contribution in [1.29, 1.82) is 0 Å². The van der Waals surface area contributed by atoms with Crippen molar-refractivity contribution in [3.8, 4) is 0 Å². The fraction of sp³-hybridized carbons (Fsp3) is 0.851. The van der Waals surface area contributed by atoms with Crippen molar-refractivity contribution in [3.63, 3.8) is 0 Å². The summed E-state index contributed by atoms with van der Waals surface area (Å²) in [7, 11) is -10.7. The second-order valence-electron chi connectivity index (χ2n) is 17.6. The third-order valence-corrected chi connectivity index (χ3v) is 13.0. The summed E-state index contributed by atoms with van der Waals surface area (Å²) in [5.41, 5.74) is 0. The van der Waals surface area contributed by atoms with Crippen LogP contribution in [0.25, 0.3) is 0 Å². The van der Waals surface area contributed by atoms with Crippen molar-refractivity contribution >= 4 is 33.4 Å². The first-order chi connectivity index (χ1) is 31.5. The van der Waals surface area contributed by atoms with E-state index < -0.39 is 83.5 Å². The highest BCUT2D eigenvalue weighted by Gasteiger charge is 2.54. The van der Waals surface area contributed by atoms with Gasteiger partial charge in [0.25, 0.3) is 0 Å².